The van der Waals surface area contributed by atoms with Crippen LogP contribution in [-0.2, 0) is 4.74 Å². The average molecular weight is 276 g/mol. The van der Waals surface area contributed by atoms with Crippen molar-refractivity contribution < 1.29 is 9.53 Å². The van der Waals surface area contributed by atoms with Gasteiger partial charge in [-0.3, -0.25) is 0 Å². The van der Waals surface area contributed by atoms with E-state index >= 15 is 0 Å². The highest BCUT2D eigenvalue weighted by Gasteiger charge is 2.27. The maximum Gasteiger partial charge on any atom is 0.360 e. The summed E-state index contributed by atoms with van der Waals surface area (Å²) in [5.41, 5.74) is 0.221. The van der Waals surface area contributed by atoms with E-state index in [0.717, 1.165) is 17.8 Å². The minimum atomic E-state index is -0.568. The van der Waals surface area contributed by atoms with E-state index in [4.69, 9.17) is 4.74 Å². The molecule has 2 aromatic heterocycles. The molecule has 0 atom stereocenters. The van der Waals surface area contributed by atoms with Crippen LogP contribution in [0.1, 0.15) is 53.3 Å². The van der Waals surface area contributed by atoms with E-state index < -0.39 is 5.97 Å². The third-order valence-electron chi connectivity index (χ3n) is 3.25. The topological polar surface area (TPSA) is 80.3 Å². The Morgan fingerprint density at radius 2 is 2.42 bits per heavy atom. The van der Waals surface area contributed by atoms with Gasteiger partial charge in [-0.25, -0.2) is 9.78 Å². The first-order valence-corrected chi connectivity index (χ1v) is 7.03. The summed E-state index contributed by atoms with van der Waals surface area (Å²) >= 11 is 1.45. The average Bonchev–Trinajstić information content (AvgIpc) is 2.83. The number of carbonyl (C=O) groups excluding carboxylic acids is 1. The summed E-state index contributed by atoms with van der Waals surface area (Å²) in [6, 6.07) is 1.99. The molecule has 7 heteroatoms. The van der Waals surface area contributed by atoms with Gasteiger partial charge in [-0.05, 0) is 19.8 Å². The van der Waals surface area contributed by atoms with Gasteiger partial charge in [0.15, 0.2) is 11.4 Å². The van der Waals surface area contributed by atoms with Crippen LogP contribution < -0.4 is 0 Å². The molecule has 0 aliphatic heterocycles. The van der Waals surface area contributed by atoms with Gasteiger partial charge in [0.2, 0.25) is 4.96 Å². The molecule has 2 aromatic rings. The van der Waals surface area contributed by atoms with Crippen molar-refractivity contribution in [1.29, 1.82) is 5.26 Å². The summed E-state index contributed by atoms with van der Waals surface area (Å²) in [5.74, 6) is -0.0776. The summed E-state index contributed by atoms with van der Waals surface area (Å²) in [5, 5.41) is 14.6. The molecule has 0 bridgehead atoms. The lowest BCUT2D eigenvalue weighted by molar-refractivity contribution is 0.0520. The summed E-state index contributed by atoms with van der Waals surface area (Å²) < 4.78 is 6.35. The van der Waals surface area contributed by atoms with Crippen LogP contribution >= 0.6 is 11.3 Å². The standard InChI is InChI=1S/C12H12N4O2S/c1-2-18-11(17)9-8(6-13)16-12(14-9)19-10(15-16)7-4-3-5-7/h7H,2-5H2,1H3. The quantitative estimate of drug-likeness (QED) is 0.802. The van der Waals surface area contributed by atoms with Crippen LogP contribution in [0, 0.1) is 11.3 Å². The molecule has 2 heterocycles. The first-order chi connectivity index (χ1) is 9.24. The Morgan fingerprint density at radius 3 is 3.00 bits per heavy atom. The molecule has 19 heavy (non-hydrogen) atoms. The van der Waals surface area contributed by atoms with E-state index in [1.807, 2.05) is 6.07 Å². The molecule has 98 valence electrons. The Morgan fingerprint density at radius 1 is 1.63 bits per heavy atom. The lowest BCUT2D eigenvalue weighted by Gasteiger charge is -2.21. The number of esters is 1. The zero-order valence-electron chi connectivity index (χ0n) is 10.4. The second-order valence-electron chi connectivity index (χ2n) is 4.40. The Bertz CT molecular complexity index is 678. The van der Waals surface area contributed by atoms with Crippen molar-refractivity contribution in [1.82, 2.24) is 14.6 Å². The predicted molar refractivity (Wildman–Crippen MR) is 68.1 cm³/mol. The zero-order valence-corrected chi connectivity index (χ0v) is 11.2. The number of ether oxygens (including phenoxy) is 1. The number of aromatic nitrogens is 3. The molecule has 1 saturated carbocycles. The number of fused-ring (bicyclic) bond motifs is 1. The number of hydrogen-bond donors (Lipinski definition) is 0. The van der Waals surface area contributed by atoms with E-state index in [0.29, 0.717) is 10.9 Å². The zero-order chi connectivity index (χ0) is 13.4. The Balaban J connectivity index is 2.04. The van der Waals surface area contributed by atoms with Crippen molar-refractivity contribution in [2.45, 2.75) is 32.1 Å². The molecule has 3 rings (SSSR count). The predicted octanol–water partition coefficient (Wildman–Crippen LogP) is 2.11. The smallest absolute Gasteiger partial charge is 0.360 e. The lowest BCUT2D eigenvalue weighted by Crippen LogP contribution is -2.10. The molecule has 1 fully saturated rings. The molecule has 0 N–H and O–H groups in total. The third-order valence-corrected chi connectivity index (χ3v) is 4.32. The number of rotatable bonds is 3. The monoisotopic (exact) mass is 276 g/mol. The van der Waals surface area contributed by atoms with Crippen LogP contribution in [0.25, 0.3) is 4.96 Å². The third kappa shape index (κ3) is 1.88. The Labute approximate surface area is 113 Å². The lowest BCUT2D eigenvalue weighted by atomic mass is 9.86. The number of carbonyl (C=O) groups is 1. The van der Waals surface area contributed by atoms with Gasteiger partial charge in [-0.1, -0.05) is 17.8 Å². The van der Waals surface area contributed by atoms with Crippen LogP contribution in [0.2, 0.25) is 0 Å². The van der Waals surface area contributed by atoms with Crippen LogP contribution in [0.4, 0.5) is 0 Å². The number of nitriles is 1. The molecule has 0 aromatic carbocycles. The van der Waals surface area contributed by atoms with E-state index in [2.05, 4.69) is 10.1 Å². The maximum atomic E-state index is 11.7. The van der Waals surface area contributed by atoms with Crippen molar-refractivity contribution in [3.05, 3.63) is 16.4 Å². The minimum absolute atomic E-state index is 0.0586. The number of nitrogens with zero attached hydrogens (tertiary/aromatic N) is 4. The highest BCUT2D eigenvalue weighted by Crippen LogP contribution is 2.38. The summed E-state index contributed by atoms with van der Waals surface area (Å²) in [6.45, 7) is 1.98. The van der Waals surface area contributed by atoms with Crippen molar-refractivity contribution >= 4 is 22.3 Å². The summed E-state index contributed by atoms with van der Waals surface area (Å²) in [7, 11) is 0. The van der Waals surface area contributed by atoms with Gasteiger partial charge in [0.25, 0.3) is 0 Å². The first-order valence-electron chi connectivity index (χ1n) is 6.21. The normalized spacial score (nSPS) is 15.2. The molecule has 6 nitrogen and oxygen atoms in total. The highest BCUT2D eigenvalue weighted by molar-refractivity contribution is 7.16. The molecule has 1 aliphatic carbocycles. The molecule has 0 amide bonds. The van der Waals surface area contributed by atoms with Gasteiger partial charge in [0.05, 0.1) is 6.61 Å². The summed E-state index contributed by atoms with van der Waals surface area (Å²) in [4.78, 5) is 16.5. The van der Waals surface area contributed by atoms with Crippen LogP contribution in [0.3, 0.4) is 0 Å². The molecule has 0 saturated heterocycles. The van der Waals surface area contributed by atoms with E-state index in [1.165, 1.54) is 22.3 Å². The molecule has 0 spiro atoms. The minimum Gasteiger partial charge on any atom is -0.461 e. The molecule has 1 aliphatic rings. The second-order valence-corrected chi connectivity index (χ2v) is 5.39. The van der Waals surface area contributed by atoms with E-state index in [9.17, 15) is 10.1 Å². The van der Waals surface area contributed by atoms with Gasteiger partial charge >= 0.3 is 5.97 Å². The second kappa shape index (κ2) is 4.63. The fourth-order valence-corrected chi connectivity index (χ4v) is 3.09. The number of imidazole rings is 1. The Kier molecular flexibility index (Phi) is 2.95. The SMILES string of the molecule is CCOC(=O)c1nc2sc(C3CCC3)nn2c1C#N. The van der Waals surface area contributed by atoms with Gasteiger partial charge in [0, 0.05) is 5.92 Å². The van der Waals surface area contributed by atoms with Crippen molar-refractivity contribution in [2.75, 3.05) is 6.61 Å². The molecule has 0 radical (unpaired) electrons. The van der Waals surface area contributed by atoms with Gasteiger partial charge in [-0.2, -0.15) is 14.9 Å². The van der Waals surface area contributed by atoms with Crippen molar-refractivity contribution in [2.24, 2.45) is 0 Å². The fraction of sp³-hybridized carbons (Fsp3) is 0.500. The molecular weight excluding hydrogens is 264 g/mol. The molecular formula is C12H12N4O2S. The van der Waals surface area contributed by atoms with Gasteiger partial charge in [-0.15, -0.1) is 0 Å². The first kappa shape index (κ1) is 12.1. The maximum absolute atomic E-state index is 11.7. The van der Waals surface area contributed by atoms with Crippen LogP contribution in [0.5, 0.6) is 0 Å². The Hall–Kier alpha value is -1.94. The molecule has 0 unspecified atom stereocenters. The van der Waals surface area contributed by atoms with Crippen molar-refractivity contribution in [3.63, 3.8) is 0 Å². The fourth-order valence-electron chi connectivity index (χ4n) is 2.03. The number of hydrogen-bond acceptors (Lipinski definition) is 6. The van der Waals surface area contributed by atoms with Crippen molar-refractivity contribution in [3.8, 4) is 6.07 Å². The van der Waals surface area contributed by atoms with Crippen LogP contribution in [0.15, 0.2) is 0 Å². The van der Waals surface area contributed by atoms with Gasteiger partial charge < -0.3 is 4.74 Å². The van der Waals surface area contributed by atoms with Crippen LogP contribution in [-0.4, -0.2) is 27.2 Å². The highest BCUT2D eigenvalue weighted by atomic mass is 32.1. The van der Waals surface area contributed by atoms with E-state index in [-0.39, 0.29) is 18.0 Å². The van der Waals surface area contributed by atoms with E-state index in [1.54, 1.807) is 6.92 Å². The van der Waals surface area contributed by atoms with Gasteiger partial charge in [0.1, 0.15) is 11.1 Å². The largest absolute Gasteiger partial charge is 0.461 e. The summed E-state index contributed by atoms with van der Waals surface area (Å²) in [6.07, 6.45) is 3.51.